The first-order chi connectivity index (χ1) is 12.0. The van der Waals surface area contributed by atoms with Crippen molar-refractivity contribution in [2.45, 2.75) is 103 Å². The monoisotopic (exact) mass is 353 g/mol. The molecule has 0 heterocycles. The number of likely N-dealkylation sites (N-methyl/N-ethyl adjacent to an activating group) is 1. The van der Waals surface area contributed by atoms with Gasteiger partial charge < -0.3 is 9.64 Å². The third kappa shape index (κ3) is 16.4. The van der Waals surface area contributed by atoms with Crippen molar-refractivity contribution in [2.75, 3.05) is 20.6 Å². The van der Waals surface area contributed by atoms with Gasteiger partial charge in [-0.2, -0.15) is 0 Å². The molecule has 0 amide bonds. The molecule has 0 rings (SSSR count). The largest absolute Gasteiger partial charge is 0.458 e. The first-order valence-electron chi connectivity index (χ1n) is 10.5. The number of hydrogen-bond donors (Lipinski definition) is 0. The van der Waals surface area contributed by atoms with Gasteiger partial charge in [0.25, 0.3) is 0 Å². The Bertz CT molecular complexity index is 339. The predicted octanol–water partition coefficient (Wildman–Crippen LogP) is 6.13. The van der Waals surface area contributed by atoms with E-state index in [1.807, 2.05) is 14.1 Å². The van der Waals surface area contributed by atoms with Crippen LogP contribution in [-0.4, -0.2) is 37.6 Å². The van der Waals surface area contributed by atoms with E-state index in [0.717, 1.165) is 19.4 Å². The Morgan fingerprint density at radius 3 is 1.72 bits per heavy atom. The van der Waals surface area contributed by atoms with Crippen molar-refractivity contribution in [3.8, 4) is 0 Å². The molecular weight excluding hydrogens is 310 g/mol. The number of esters is 1. The van der Waals surface area contributed by atoms with Crippen LogP contribution in [0.4, 0.5) is 0 Å². The molecule has 0 saturated heterocycles. The quantitative estimate of drug-likeness (QED) is 0.179. The maximum absolute atomic E-state index is 11.7. The third-order valence-electron chi connectivity index (χ3n) is 4.57. The lowest BCUT2D eigenvalue weighted by atomic mass is 10.0. The van der Waals surface area contributed by atoms with Gasteiger partial charge in [-0.3, -0.25) is 0 Å². The fourth-order valence-electron chi connectivity index (χ4n) is 3.06. The average molecular weight is 354 g/mol. The molecule has 0 aromatic heterocycles. The normalized spacial score (nSPS) is 12.4. The van der Waals surface area contributed by atoms with Crippen LogP contribution in [0.1, 0.15) is 97.3 Å². The van der Waals surface area contributed by atoms with Crippen LogP contribution in [0.15, 0.2) is 12.2 Å². The molecule has 0 aliphatic rings. The Morgan fingerprint density at radius 2 is 1.32 bits per heavy atom. The second-order valence-electron chi connectivity index (χ2n) is 7.75. The molecule has 25 heavy (non-hydrogen) atoms. The molecular formula is C22H43NO2. The first kappa shape index (κ1) is 24.2. The minimum Gasteiger partial charge on any atom is -0.458 e. The Kier molecular flexibility index (Phi) is 16.1. The Morgan fingerprint density at radius 1 is 0.880 bits per heavy atom. The van der Waals surface area contributed by atoms with Gasteiger partial charge in [0.05, 0.1) is 0 Å². The highest BCUT2D eigenvalue weighted by Crippen LogP contribution is 2.14. The molecule has 0 aromatic carbocycles. The number of carbonyl (C=O) groups excluding carboxylic acids is 1. The number of rotatable bonds is 17. The van der Waals surface area contributed by atoms with Crippen LogP contribution in [0.2, 0.25) is 0 Å². The zero-order valence-corrected chi connectivity index (χ0v) is 17.4. The molecule has 0 aliphatic carbocycles. The van der Waals surface area contributed by atoms with Gasteiger partial charge in [-0.1, -0.05) is 84.1 Å². The fraction of sp³-hybridized carbons (Fsp3) is 0.864. The summed E-state index contributed by atoms with van der Waals surface area (Å²) in [5, 5.41) is 0. The van der Waals surface area contributed by atoms with E-state index in [-0.39, 0.29) is 12.1 Å². The zero-order valence-electron chi connectivity index (χ0n) is 17.4. The summed E-state index contributed by atoms with van der Waals surface area (Å²) in [6.45, 7) is 8.43. The smallest absolute Gasteiger partial charge is 0.333 e. The van der Waals surface area contributed by atoms with E-state index >= 15 is 0 Å². The van der Waals surface area contributed by atoms with Crippen molar-refractivity contribution in [2.24, 2.45) is 0 Å². The Balaban J connectivity index is 3.61. The van der Waals surface area contributed by atoms with Crippen molar-refractivity contribution in [1.29, 1.82) is 0 Å². The minimum atomic E-state index is -0.259. The van der Waals surface area contributed by atoms with Crippen LogP contribution in [0.5, 0.6) is 0 Å². The van der Waals surface area contributed by atoms with E-state index in [1.165, 1.54) is 70.6 Å². The summed E-state index contributed by atoms with van der Waals surface area (Å²) in [5.74, 6) is -0.259. The second kappa shape index (κ2) is 16.6. The summed E-state index contributed by atoms with van der Waals surface area (Å²) >= 11 is 0. The molecule has 0 spiro atoms. The number of ether oxygens (including phenoxy) is 1. The van der Waals surface area contributed by atoms with E-state index in [4.69, 9.17) is 4.74 Å². The molecule has 0 radical (unpaired) electrons. The van der Waals surface area contributed by atoms with Crippen LogP contribution >= 0.6 is 0 Å². The van der Waals surface area contributed by atoms with Gasteiger partial charge in [-0.05, 0) is 33.9 Å². The highest BCUT2D eigenvalue weighted by Gasteiger charge is 2.15. The highest BCUT2D eigenvalue weighted by molar-refractivity contribution is 5.87. The molecule has 0 aliphatic heterocycles. The van der Waals surface area contributed by atoms with E-state index in [9.17, 15) is 4.79 Å². The highest BCUT2D eigenvalue weighted by atomic mass is 16.5. The van der Waals surface area contributed by atoms with Crippen molar-refractivity contribution >= 4 is 5.97 Å². The molecule has 1 atom stereocenters. The van der Waals surface area contributed by atoms with E-state index < -0.39 is 0 Å². The maximum atomic E-state index is 11.7. The topological polar surface area (TPSA) is 29.5 Å². The molecule has 0 N–H and O–H groups in total. The summed E-state index contributed by atoms with van der Waals surface area (Å²) in [5.41, 5.74) is 0.485. The third-order valence-corrected chi connectivity index (χ3v) is 4.57. The van der Waals surface area contributed by atoms with Crippen LogP contribution in [0.25, 0.3) is 0 Å². The lowest BCUT2D eigenvalue weighted by molar-refractivity contribution is -0.145. The lowest BCUT2D eigenvalue weighted by Gasteiger charge is -2.21. The van der Waals surface area contributed by atoms with Gasteiger partial charge in [-0.15, -0.1) is 0 Å². The van der Waals surface area contributed by atoms with E-state index in [0.29, 0.717) is 5.57 Å². The average Bonchev–Trinajstić information content (AvgIpc) is 2.55. The van der Waals surface area contributed by atoms with Crippen LogP contribution in [0.3, 0.4) is 0 Å². The van der Waals surface area contributed by atoms with Gasteiger partial charge in [-0.25, -0.2) is 4.79 Å². The van der Waals surface area contributed by atoms with Gasteiger partial charge in [0.1, 0.15) is 6.10 Å². The summed E-state index contributed by atoms with van der Waals surface area (Å²) < 4.78 is 5.54. The standard InChI is InChI=1S/C22H43NO2/c1-6-7-8-9-10-11-12-13-14-15-16-17-18-21(19-23(4)5)25-22(24)20(2)3/h21H,2,6-19H2,1,3-5H3. The molecule has 3 nitrogen and oxygen atoms in total. The summed E-state index contributed by atoms with van der Waals surface area (Å²) in [6, 6.07) is 0. The van der Waals surface area contributed by atoms with Crippen LogP contribution in [-0.2, 0) is 9.53 Å². The SMILES string of the molecule is C=C(C)C(=O)OC(CCCCCCCCCCCCCC)CN(C)C. The minimum absolute atomic E-state index is 0.0117. The predicted molar refractivity (Wildman–Crippen MR) is 109 cm³/mol. The van der Waals surface area contributed by atoms with Crippen molar-refractivity contribution in [3.05, 3.63) is 12.2 Å². The fourth-order valence-corrected chi connectivity index (χ4v) is 3.06. The van der Waals surface area contributed by atoms with Gasteiger partial charge in [0, 0.05) is 12.1 Å². The maximum Gasteiger partial charge on any atom is 0.333 e. The number of unbranched alkanes of at least 4 members (excludes halogenated alkanes) is 11. The van der Waals surface area contributed by atoms with Crippen molar-refractivity contribution < 1.29 is 9.53 Å². The second-order valence-corrected chi connectivity index (χ2v) is 7.75. The van der Waals surface area contributed by atoms with Crippen molar-refractivity contribution in [3.63, 3.8) is 0 Å². The summed E-state index contributed by atoms with van der Waals surface area (Å²) in [6.07, 6.45) is 17.1. The van der Waals surface area contributed by atoms with E-state index in [1.54, 1.807) is 6.92 Å². The number of hydrogen-bond acceptors (Lipinski definition) is 3. The van der Waals surface area contributed by atoms with Crippen LogP contribution in [0, 0.1) is 0 Å². The molecule has 0 aromatic rings. The molecule has 3 heteroatoms. The molecule has 0 saturated carbocycles. The first-order valence-corrected chi connectivity index (χ1v) is 10.5. The Labute approximate surface area is 157 Å². The lowest BCUT2D eigenvalue weighted by Crippen LogP contribution is -2.30. The van der Waals surface area contributed by atoms with Gasteiger partial charge >= 0.3 is 5.97 Å². The molecule has 0 bridgehead atoms. The molecule has 0 fully saturated rings. The number of carbonyl (C=O) groups is 1. The van der Waals surface area contributed by atoms with Gasteiger partial charge in [0.2, 0.25) is 0 Å². The number of nitrogens with zero attached hydrogens (tertiary/aromatic N) is 1. The van der Waals surface area contributed by atoms with Crippen LogP contribution < -0.4 is 0 Å². The summed E-state index contributed by atoms with van der Waals surface area (Å²) in [4.78, 5) is 13.8. The van der Waals surface area contributed by atoms with Crippen molar-refractivity contribution in [1.82, 2.24) is 4.90 Å². The van der Waals surface area contributed by atoms with Gasteiger partial charge in [0.15, 0.2) is 0 Å². The molecule has 1 unspecified atom stereocenters. The van der Waals surface area contributed by atoms with E-state index in [2.05, 4.69) is 18.4 Å². The molecule has 148 valence electrons. The summed E-state index contributed by atoms with van der Waals surface area (Å²) in [7, 11) is 4.04. The zero-order chi connectivity index (χ0) is 18.9. The Hall–Kier alpha value is -0.830.